The zero-order chi connectivity index (χ0) is 17.8. The summed E-state index contributed by atoms with van der Waals surface area (Å²) < 4.78 is 18.1. The van der Waals surface area contributed by atoms with Crippen LogP contribution in [0.25, 0.3) is 6.08 Å². The molecule has 0 unspecified atom stereocenters. The first-order chi connectivity index (χ1) is 12.1. The third-order valence-corrected chi connectivity index (χ3v) is 3.44. The number of esters is 1. The molecule has 0 saturated heterocycles. The van der Waals surface area contributed by atoms with Gasteiger partial charge in [-0.3, -0.25) is 4.68 Å². The summed E-state index contributed by atoms with van der Waals surface area (Å²) >= 11 is 0. The second-order valence-electron chi connectivity index (χ2n) is 5.31. The predicted octanol–water partition coefficient (Wildman–Crippen LogP) is 2.56. The molecule has 130 valence electrons. The lowest BCUT2D eigenvalue weighted by Crippen LogP contribution is -2.06. The van der Waals surface area contributed by atoms with Crippen molar-refractivity contribution in [2.75, 3.05) is 13.2 Å². The van der Waals surface area contributed by atoms with E-state index in [1.165, 1.54) is 0 Å². The maximum atomic E-state index is 12.1. The fourth-order valence-electron chi connectivity index (χ4n) is 2.39. The monoisotopic (exact) mass is 341 g/mol. The van der Waals surface area contributed by atoms with Gasteiger partial charge in [0.25, 0.3) is 0 Å². The van der Waals surface area contributed by atoms with Crippen LogP contribution in [0.15, 0.2) is 41.3 Å². The third kappa shape index (κ3) is 3.71. The quantitative estimate of drug-likeness (QED) is 0.596. The maximum absolute atomic E-state index is 12.1. The molecule has 3 rings (SSSR count). The molecule has 2 aromatic rings. The van der Waals surface area contributed by atoms with Crippen LogP contribution >= 0.6 is 0 Å². The maximum Gasteiger partial charge on any atom is 0.363 e. The van der Waals surface area contributed by atoms with Crippen LogP contribution in [0.4, 0.5) is 0 Å². The van der Waals surface area contributed by atoms with Crippen molar-refractivity contribution in [3.63, 3.8) is 0 Å². The van der Waals surface area contributed by atoms with E-state index < -0.39 is 5.97 Å². The van der Waals surface area contributed by atoms with E-state index in [0.717, 1.165) is 5.56 Å². The Kier molecular flexibility index (Phi) is 4.83. The largest absolute Gasteiger partial charge is 0.490 e. The van der Waals surface area contributed by atoms with Crippen LogP contribution in [0.1, 0.15) is 25.0 Å². The van der Waals surface area contributed by atoms with Gasteiger partial charge in [-0.2, -0.15) is 5.10 Å². The van der Waals surface area contributed by atoms with E-state index in [1.807, 2.05) is 13.8 Å². The summed E-state index contributed by atoms with van der Waals surface area (Å²) in [6, 6.07) is 5.32. The lowest BCUT2D eigenvalue weighted by molar-refractivity contribution is -0.129. The van der Waals surface area contributed by atoms with Crippen molar-refractivity contribution in [1.82, 2.24) is 9.78 Å². The molecule has 25 heavy (non-hydrogen) atoms. The van der Waals surface area contributed by atoms with Gasteiger partial charge in [0.05, 0.1) is 19.4 Å². The SMILES string of the molecule is CCOc1ccc(C2=N/C(=C\c3cnn(C)c3)C(=O)O2)cc1OCC. The highest BCUT2D eigenvalue weighted by atomic mass is 16.6. The van der Waals surface area contributed by atoms with Gasteiger partial charge < -0.3 is 14.2 Å². The van der Waals surface area contributed by atoms with Gasteiger partial charge in [-0.1, -0.05) is 0 Å². The molecule has 7 heteroatoms. The molecule has 7 nitrogen and oxygen atoms in total. The Balaban J connectivity index is 1.91. The Labute approximate surface area is 145 Å². The molecule has 0 bridgehead atoms. The molecule has 0 fully saturated rings. The van der Waals surface area contributed by atoms with Gasteiger partial charge in [0.15, 0.2) is 17.2 Å². The number of aromatic nitrogens is 2. The van der Waals surface area contributed by atoms with Crippen molar-refractivity contribution in [2.45, 2.75) is 13.8 Å². The zero-order valence-corrected chi connectivity index (χ0v) is 14.4. The van der Waals surface area contributed by atoms with Crippen LogP contribution in [0.2, 0.25) is 0 Å². The van der Waals surface area contributed by atoms with E-state index in [1.54, 1.807) is 48.4 Å². The molecule has 1 aromatic heterocycles. The lowest BCUT2D eigenvalue weighted by atomic mass is 10.2. The number of aryl methyl sites for hydroxylation is 1. The number of ether oxygens (including phenoxy) is 3. The standard InChI is InChI=1S/C18H19N3O4/c1-4-23-15-7-6-13(9-16(15)24-5-2)17-20-14(18(22)25-17)8-12-10-19-21(3)11-12/h6-11H,4-5H2,1-3H3/b14-8-. The summed E-state index contributed by atoms with van der Waals surface area (Å²) in [5.74, 6) is 0.976. The topological polar surface area (TPSA) is 74.9 Å². The average Bonchev–Trinajstić information content (AvgIpc) is 3.16. The van der Waals surface area contributed by atoms with Crippen molar-refractivity contribution >= 4 is 17.9 Å². The number of nitrogens with zero attached hydrogens (tertiary/aromatic N) is 3. The molecule has 2 heterocycles. The van der Waals surface area contributed by atoms with E-state index in [-0.39, 0.29) is 11.6 Å². The van der Waals surface area contributed by atoms with Gasteiger partial charge in [0, 0.05) is 24.4 Å². The summed E-state index contributed by atoms with van der Waals surface area (Å²) in [4.78, 5) is 16.4. The van der Waals surface area contributed by atoms with Crippen LogP contribution in [-0.2, 0) is 16.6 Å². The van der Waals surface area contributed by atoms with Crippen molar-refractivity contribution in [2.24, 2.45) is 12.0 Å². The summed E-state index contributed by atoms with van der Waals surface area (Å²) in [5, 5.41) is 4.06. The molecule has 0 saturated carbocycles. The van der Waals surface area contributed by atoms with Crippen molar-refractivity contribution in [3.05, 3.63) is 47.4 Å². The Bertz CT molecular complexity index is 852. The van der Waals surface area contributed by atoms with Crippen molar-refractivity contribution in [1.29, 1.82) is 0 Å². The Hall–Kier alpha value is -3.09. The first-order valence-corrected chi connectivity index (χ1v) is 8.02. The highest BCUT2D eigenvalue weighted by Gasteiger charge is 2.25. The highest BCUT2D eigenvalue weighted by Crippen LogP contribution is 2.30. The Morgan fingerprint density at radius 2 is 1.96 bits per heavy atom. The lowest BCUT2D eigenvalue weighted by Gasteiger charge is -2.11. The molecule has 0 aliphatic carbocycles. The molecule has 0 atom stereocenters. The molecule has 0 amide bonds. The average molecular weight is 341 g/mol. The summed E-state index contributed by atoms with van der Waals surface area (Å²) in [5.41, 5.74) is 1.66. The minimum absolute atomic E-state index is 0.231. The van der Waals surface area contributed by atoms with Crippen LogP contribution in [0.3, 0.4) is 0 Å². The van der Waals surface area contributed by atoms with E-state index in [4.69, 9.17) is 14.2 Å². The molecule has 0 spiro atoms. The molecular weight excluding hydrogens is 322 g/mol. The minimum Gasteiger partial charge on any atom is -0.490 e. The normalized spacial score (nSPS) is 15.2. The molecule has 1 aliphatic heterocycles. The van der Waals surface area contributed by atoms with Crippen LogP contribution in [-0.4, -0.2) is 34.9 Å². The number of rotatable bonds is 6. The number of carbonyl (C=O) groups is 1. The third-order valence-electron chi connectivity index (χ3n) is 3.44. The zero-order valence-electron chi connectivity index (χ0n) is 14.4. The van der Waals surface area contributed by atoms with Crippen LogP contribution in [0, 0.1) is 0 Å². The van der Waals surface area contributed by atoms with Gasteiger partial charge in [0.1, 0.15) is 0 Å². The fourth-order valence-corrected chi connectivity index (χ4v) is 2.39. The van der Waals surface area contributed by atoms with Crippen LogP contribution < -0.4 is 9.47 Å². The number of benzene rings is 1. The summed E-state index contributed by atoms with van der Waals surface area (Å²) in [6.45, 7) is 4.83. The minimum atomic E-state index is -0.495. The Morgan fingerprint density at radius 3 is 2.64 bits per heavy atom. The van der Waals surface area contributed by atoms with Gasteiger partial charge in [-0.05, 0) is 38.1 Å². The van der Waals surface area contributed by atoms with Crippen molar-refractivity contribution < 1.29 is 19.0 Å². The van der Waals surface area contributed by atoms with Crippen molar-refractivity contribution in [3.8, 4) is 11.5 Å². The molecule has 1 aliphatic rings. The van der Waals surface area contributed by atoms with Gasteiger partial charge in [-0.25, -0.2) is 9.79 Å². The second kappa shape index (κ2) is 7.21. The van der Waals surface area contributed by atoms with E-state index >= 15 is 0 Å². The number of hydrogen-bond donors (Lipinski definition) is 0. The van der Waals surface area contributed by atoms with Gasteiger partial charge >= 0.3 is 5.97 Å². The molecule has 0 radical (unpaired) electrons. The predicted molar refractivity (Wildman–Crippen MR) is 92.6 cm³/mol. The first kappa shape index (κ1) is 16.8. The van der Waals surface area contributed by atoms with E-state index in [0.29, 0.717) is 30.3 Å². The van der Waals surface area contributed by atoms with Crippen LogP contribution in [0.5, 0.6) is 11.5 Å². The number of cyclic esters (lactones) is 1. The number of aliphatic imine (C=N–C) groups is 1. The number of carbonyl (C=O) groups excluding carboxylic acids is 1. The number of hydrogen-bond acceptors (Lipinski definition) is 6. The fraction of sp³-hybridized carbons (Fsp3) is 0.278. The first-order valence-electron chi connectivity index (χ1n) is 8.02. The Morgan fingerprint density at radius 1 is 1.20 bits per heavy atom. The summed E-state index contributed by atoms with van der Waals surface area (Å²) in [7, 11) is 1.80. The van der Waals surface area contributed by atoms with E-state index in [9.17, 15) is 4.79 Å². The smallest absolute Gasteiger partial charge is 0.363 e. The van der Waals surface area contributed by atoms with E-state index in [2.05, 4.69) is 10.1 Å². The second-order valence-corrected chi connectivity index (χ2v) is 5.31. The summed E-state index contributed by atoms with van der Waals surface area (Å²) in [6.07, 6.45) is 5.08. The highest BCUT2D eigenvalue weighted by molar-refractivity contribution is 6.13. The molecular formula is C18H19N3O4. The van der Waals surface area contributed by atoms with Gasteiger partial charge in [-0.15, -0.1) is 0 Å². The van der Waals surface area contributed by atoms with Gasteiger partial charge in [0.2, 0.25) is 5.90 Å². The molecule has 0 N–H and O–H groups in total. The molecule has 1 aromatic carbocycles.